The molecule has 0 bridgehead atoms. The van der Waals surface area contributed by atoms with E-state index in [9.17, 15) is 91.9 Å². The molecule has 0 spiro atoms. The Morgan fingerprint density at radius 1 is 0.261 bits per heavy atom. The van der Waals surface area contributed by atoms with Gasteiger partial charge < -0.3 is 102 Å². The Bertz CT molecular complexity index is 4410. The van der Waals surface area contributed by atoms with Crippen LogP contribution in [-0.2, 0) is 0 Å². The molecule has 12 rings (SSSR count). The van der Waals surface area contributed by atoms with Crippen LogP contribution >= 0.6 is 0 Å². The summed E-state index contributed by atoms with van der Waals surface area (Å²) in [6.07, 6.45) is 0. The molecule has 0 aromatic heterocycles. The molecule has 0 aliphatic heterocycles. The average molecular weight is 1190 g/mol. The van der Waals surface area contributed by atoms with E-state index >= 15 is 8.78 Å². The standard InChI is InChI=1S/C64H44B2F2N2O18/c65-45-41(48(72)57(81)62(86)54(45)78)25-15-27(43-50(74)58(82)63(87)59(83)51(43)75)19-33(17-25)69(31-5-1-3-29(67)21-31)37-13-9-23-8-12-36-38(14-10-24-7-11-35(37)39(23)40(24)36)70(32-6-2-4-30(68)22-32)34-18-26(42-47(71)46(66)55(79)56(80)49(42)73)16-28(20-34)44-52(76)60(84)64(88)61(85)53(44)77/h1-22,71-88H,65-66H2. The monoisotopic (exact) mass is 1190 g/mol. The zero-order valence-corrected chi connectivity index (χ0v) is 45.4. The zero-order valence-electron chi connectivity index (χ0n) is 45.4. The van der Waals surface area contributed by atoms with Crippen LogP contribution in [0.3, 0.4) is 0 Å². The molecule has 0 aliphatic rings. The van der Waals surface area contributed by atoms with Crippen LogP contribution in [0.5, 0.6) is 103 Å². The van der Waals surface area contributed by atoms with Gasteiger partial charge in [0.05, 0.1) is 28.1 Å². The number of nitrogens with zero attached hydrogens (tertiary/aromatic N) is 2. The topological polar surface area (TPSA) is 371 Å². The van der Waals surface area contributed by atoms with E-state index in [0.29, 0.717) is 32.3 Å². The highest BCUT2D eigenvalue weighted by Crippen LogP contribution is 2.60. The van der Waals surface area contributed by atoms with Crippen LogP contribution in [0.25, 0.3) is 76.8 Å². The summed E-state index contributed by atoms with van der Waals surface area (Å²) in [5.41, 5.74) is -2.89. The molecule has 0 aliphatic carbocycles. The third-order valence-electron chi connectivity index (χ3n) is 15.8. The van der Waals surface area contributed by atoms with Crippen molar-refractivity contribution >= 4 is 93.1 Å². The van der Waals surface area contributed by atoms with Gasteiger partial charge in [0.1, 0.15) is 33.1 Å². The first-order valence-corrected chi connectivity index (χ1v) is 26.2. The lowest BCUT2D eigenvalue weighted by Gasteiger charge is -2.30. The number of anilines is 6. The second-order valence-electron chi connectivity index (χ2n) is 20.8. The van der Waals surface area contributed by atoms with Crippen molar-refractivity contribution in [1.29, 1.82) is 0 Å². The largest absolute Gasteiger partial charge is 0.508 e. The van der Waals surface area contributed by atoms with Crippen LogP contribution in [0.1, 0.15) is 0 Å². The SMILES string of the molecule is Bc1c(O)c(O)c(O)c(-c2cc(-c3c(O)c(O)c(O)c(O)c3O)cc(N(c3cccc(F)c3)c3ccc4ccc5c(N(c6cccc(F)c6)c6cc(-c7c(B)c(O)c(O)c(O)c7O)cc(-c7c(O)c(O)c(O)c(O)c7O)c6)ccc6ccc3c4c65)c2)c1O. The van der Waals surface area contributed by atoms with Gasteiger partial charge in [-0.2, -0.15) is 0 Å². The predicted octanol–water partition coefficient (Wildman–Crippen LogP) is 9.69. The summed E-state index contributed by atoms with van der Waals surface area (Å²) < 4.78 is 31.6. The van der Waals surface area contributed by atoms with Crippen LogP contribution in [0.2, 0.25) is 0 Å². The Morgan fingerprint density at radius 2 is 0.557 bits per heavy atom. The van der Waals surface area contributed by atoms with Crippen molar-refractivity contribution in [2.24, 2.45) is 0 Å². The Hall–Kier alpha value is -12.3. The van der Waals surface area contributed by atoms with E-state index in [0.717, 1.165) is 18.2 Å². The highest BCUT2D eigenvalue weighted by Gasteiger charge is 2.32. The summed E-state index contributed by atoms with van der Waals surface area (Å²) in [5.74, 6) is -21.4. The smallest absolute Gasteiger partial charge is 0.208 e. The molecule has 0 saturated carbocycles. The van der Waals surface area contributed by atoms with Crippen molar-refractivity contribution in [3.63, 3.8) is 0 Å². The molecule has 0 amide bonds. The van der Waals surface area contributed by atoms with Crippen LogP contribution < -0.4 is 20.7 Å². The first kappa shape index (κ1) is 56.2. The Balaban J connectivity index is 1.16. The molecule has 24 heteroatoms. The van der Waals surface area contributed by atoms with Crippen molar-refractivity contribution in [2.75, 3.05) is 9.80 Å². The normalized spacial score (nSPS) is 11.5. The molecular formula is C64H44B2F2N2O18. The summed E-state index contributed by atoms with van der Waals surface area (Å²) in [5, 5.41) is 201. The van der Waals surface area contributed by atoms with E-state index in [1.807, 2.05) is 0 Å². The van der Waals surface area contributed by atoms with Crippen LogP contribution in [0.4, 0.5) is 42.9 Å². The maximum atomic E-state index is 15.8. The molecule has 12 aromatic rings. The third kappa shape index (κ3) is 8.36. The lowest BCUT2D eigenvalue weighted by Crippen LogP contribution is -2.13. The molecule has 0 saturated heterocycles. The molecule has 88 heavy (non-hydrogen) atoms. The van der Waals surface area contributed by atoms with Gasteiger partial charge in [0, 0.05) is 39.1 Å². The van der Waals surface area contributed by atoms with Gasteiger partial charge in [0.15, 0.2) is 46.0 Å². The van der Waals surface area contributed by atoms with Crippen molar-refractivity contribution in [3.05, 3.63) is 145 Å². The Kier molecular flexibility index (Phi) is 12.9. The number of phenols is 18. The summed E-state index contributed by atoms with van der Waals surface area (Å²) >= 11 is 0. The predicted molar refractivity (Wildman–Crippen MR) is 327 cm³/mol. The summed E-state index contributed by atoms with van der Waals surface area (Å²) in [6.45, 7) is 0. The molecular weight excluding hydrogens is 1140 g/mol. The molecule has 18 N–H and O–H groups in total. The van der Waals surface area contributed by atoms with Gasteiger partial charge in [0.2, 0.25) is 51.7 Å². The molecule has 438 valence electrons. The van der Waals surface area contributed by atoms with Crippen molar-refractivity contribution in [1.82, 2.24) is 0 Å². The minimum Gasteiger partial charge on any atom is -0.508 e. The third-order valence-corrected chi connectivity index (χ3v) is 15.8. The zero-order chi connectivity index (χ0) is 63.0. The van der Waals surface area contributed by atoms with Gasteiger partial charge in [-0.1, -0.05) is 48.5 Å². The summed E-state index contributed by atoms with van der Waals surface area (Å²) in [7, 11) is 2.51. The van der Waals surface area contributed by atoms with E-state index in [1.54, 1.807) is 48.5 Å². The van der Waals surface area contributed by atoms with E-state index in [1.165, 1.54) is 92.2 Å². The Morgan fingerprint density at radius 3 is 0.932 bits per heavy atom. The van der Waals surface area contributed by atoms with Gasteiger partial charge in [-0.3, -0.25) is 0 Å². The number of rotatable bonds is 10. The number of hydrogen-bond acceptors (Lipinski definition) is 20. The number of halogens is 2. The van der Waals surface area contributed by atoms with E-state index in [-0.39, 0.29) is 72.9 Å². The van der Waals surface area contributed by atoms with E-state index in [4.69, 9.17) is 0 Å². The number of phenolic OH excluding ortho intramolecular Hbond substituents is 18. The van der Waals surface area contributed by atoms with Gasteiger partial charge in [-0.15, -0.1) is 0 Å². The highest BCUT2D eigenvalue weighted by molar-refractivity contribution is 6.39. The fraction of sp³-hybridized carbons (Fsp3) is 0. The summed E-state index contributed by atoms with van der Waals surface area (Å²) in [6, 6.07) is 32.1. The second kappa shape index (κ2) is 20.2. The van der Waals surface area contributed by atoms with Crippen LogP contribution in [0, 0.1) is 11.6 Å². The molecule has 0 atom stereocenters. The Labute approximate surface area is 494 Å². The lowest BCUT2D eigenvalue weighted by atomic mass is 9.83. The molecule has 0 heterocycles. The van der Waals surface area contributed by atoms with E-state index < -0.39 is 132 Å². The van der Waals surface area contributed by atoms with Crippen LogP contribution in [-0.4, -0.2) is 108 Å². The maximum Gasteiger partial charge on any atom is 0.208 e. The number of hydrogen-bond donors (Lipinski definition) is 18. The molecule has 12 aromatic carbocycles. The lowest BCUT2D eigenvalue weighted by molar-refractivity contribution is 0.330. The van der Waals surface area contributed by atoms with Crippen molar-refractivity contribution < 1.29 is 101 Å². The van der Waals surface area contributed by atoms with Gasteiger partial charge in [-0.25, -0.2) is 8.78 Å². The fourth-order valence-corrected chi connectivity index (χ4v) is 11.5. The minimum atomic E-state index is -1.29. The molecule has 0 radical (unpaired) electrons. The molecule has 20 nitrogen and oxygen atoms in total. The van der Waals surface area contributed by atoms with E-state index in [2.05, 4.69) is 0 Å². The average Bonchev–Trinajstić information content (AvgIpc) is 1.26. The first-order valence-electron chi connectivity index (χ1n) is 26.2. The maximum absolute atomic E-state index is 15.8. The second-order valence-corrected chi connectivity index (χ2v) is 20.8. The quantitative estimate of drug-likeness (QED) is 0.0262. The number of benzene rings is 12. The molecule has 0 unspecified atom stereocenters. The first-order chi connectivity index (χ1) is 41.8. The molecule has 0 fully saturated rings. The van der Waals surface area contributed by atoms with Gasteiger partial charge in [-0.05, 0) is 140 Å². The van der Waals surface area contributed by atoms with Crippen molar-refractivity contribution in [3.8, 4) is 148 Å². The van der Waals surface area contributed by atoms with Gasteiger partial charge in [0.25, 0.3) is 0 Å². The highest BCUT2D eigenvalue weighted by atomic mass is 19.1. The van der Waals surface area contributed by atoms with Crippen molar-refractivity contribution in [2.45, 2.75) is 0 Å². The van der Waals surface area contributed by atoms with Crippen LogP contribution in [0.15, 0.2) is 133 Å². The van der Waals surface area contributed by atoms with Gasteiger partial charge >= 0.3 is 0 Å². The number of aromatic hydroxyl groups is 18. The fourth-order valence-electron chi connectivity index (χ4n) is 11.5. The summed E-state index contributed by atoms with van der Waals surface area (Å²) in [4.78, 5) is 3.03. The minimum absolute atomic E-state index is 0.0000475.